The Bertz CT molecular complexity index is 1100. The van der Waals surface area contributed by atoms with Crippen LogP contribution in [0.3, 0.4) is 0 Å². The largest absolute Gasteiger partial charge is 0.273 e. The summed E-state index contributed by atoms with van der Waals surface area (Å²) in [7, 11) is -3.63. The minimum absolute atomic E-state index is 0.115. The molecule has 0 aliphatic carbocycles. The highest BCUT2D eigenvalue weighted by molar-refractivity contribution is 7.92. The van der Waals surface area contributed by atoms with Crippen LogP contribution >= 0.6 is 0 Å². The van der Waals surface area contributed by atoms with Gasteiger partial charge in [0.15, 0.2) is 0 Å². The Morgan fingerprint density at radius 1 is 1.03 bits per heavy atom. The molecular formula is C21H20N4O3S. The number of amides is 1. The fourth-order valence-corrected chi connectivity index (χ4v) is 3.59. The highest BCUT2D eigenvalue weighted by Crippen LogP contribution is 2.25. The number of nitrogens with one attached hydrogen (secondary N) is 1. The number of hydrogen-bond acceptors (Lipinski definition) is 5. The van der Waals surface area contributed by atoms with Crippen LogP contribution in [0.5, 0.6) is 0 Å². The van der Waals surface area contributed by atoms with Gasteiger partial charge in [0.05, 0.1) is 30.3 Å². The van der Waals surface area contributed by atoms with Crippen LogP contribution in [0, 0.1) is 0 Å². The summed E-state index contributed by atoms with van der Waals surface area (Å²) in [6.45, 7) is 0.115. The van der Waals surface area contributed by atoms with E-state index in [2.05, 4.69) is 15.5 Å². The van der Waals surface area contributed by atoms with Crippen LogP contribution in [-0.4, -0.2) is 31.8 Å². The molecule has 0 aliphatic rings. The molecule has 1 N–H and O–H groups in total. The van der Waals surface area contributed by atoms with Gasteiger partial charge in [-0.2, -0.15) is 5.10 Å². The molecule has 3 aromatic rings. The Kier molecular flexibility index (Phi) is 6.36. The number of carbonyl (C=O) groups is 1. The molecular weight excluding hydrogens is 388 g/mol. The lowest BCUT2D eigenvalue weighted by Gasteiger charge is -2.24. The number of benzene rings is 2. The summed E-state index contributed by atoms with van der Waals surface area (Å²) >= 11 is 0. The smallest absolute Gasteiger partial charge is 0.267 e. The Hall–Kier alpha value is -3.52. The van der Waals surface area contributed by atoms with E-state index < -0.39 is 15.9 Å². The van der Waals surface area contributed by atoms with Crippen molar-refractivity contribution >= 4 is 27.8 Å². The zero-order chi connectivity index (χ0) is 20.7. The van der Waals surface area contributed by atoms with E-state index in [1.807, 2.05) is 30.3 Å². The second-order valence-electron chi connectivity index (χ2n) is 6.25. The predicted octanol–water partition coefficient (Wildman–Crippen LogP) is 2.81. The number of hydrogen-bond donors (Lipinski definition) is 1. The Labute approximate surface area is 169 Å². The zero-order valence-electron chi connectivity index (χ0n) is 15.8. The topological polar surface area (TPSA) is 91.7 Å². The number of para-hydroxylation sites is 1. The molecule has 0 atom stereocenters. The summed E-state index contributed by atoms with van der Waals surface area (Å²) in [4.78, 5) is 16.6. The van der Waals surface area contributed by atoms with E-state index in [1.54, 1.807) is 48.8 Å². The van der Waals surface area contributed by atoms with Crippen LogP contribution in [0.1, 0.15) is 21.5 Å². The molecule has 1 amide bonds. The molecule has 0 radical (unpaired) electrons. The van der Waals surface area contributed by atoms with Crippen molar-refractivity contribution in [2.75, 3.05) is 10.6 Å². The third-order valence-corrected chi connectivity index (χ3v) is 5.20. The van der Waals surface area contributed by atoms with E-state index >= 15 is 0 Å². The lowest BCUT2D eigenvalue weighted by Crippen LogP contribution is -2.32. The molecule has 0 aliphatic heterocycles. The molecule has 0 saturated carbocycles. The maximum absolute atomic E-state index is 12.7. The first kappa shape index (κ1) is 20.2. The van der Waals surface area contributed by atoms with Crippen molar-refractivity contribution < 1.29 is 13.2 Å². The Morgan fingerprint density at radius 3 is 2.38 bits per heavy atom. The van der Waals surface area contributed by atoms with E-state index in [9.17, 15) is 13.2 Å². The van der Waals surface area contributed by atoms with Crippen LogP contribution in [0.15, 0.2) is 84.2 Å². The third-order valence-electron chi connectivity index (χ3n) is 4.07. The van der Waals surface area contributed by atoms with Gasteiger partial charge in [0.25, 0.3) is 5.91 Å². The van der Waals surface area contributed by atoms with Crippen LogP contribution < -0.4 is 9.73 Å². The molecule has 1 aromatic heterocycles. The molecule has 0 spiro atoms. The highest BCUT2D eigenvalue weighted by Gasteiger charge is 2.23. The highest BCUT2D eigenvalue weighted by atomic mass is 32.2. The lowest BCUT2D eigenvalue weighted by atomic mass is 10.1. The van der Waals surface area contributed by atoms with Gasteiger partial charge in [-0.1, -0.05) is 42.5 Å². The normalized spacial score (nSPS) is 11.3. The van der Waals surface area contributed by atoms with Gasteiger partial charge in [0, 0.05) is 12.4 Å². The molecule has 3 rings (SSSR count). The fourth-order valence-electron chi connectivity index (χ4n) is 2.69. The maximum atomic E-state index is 12.7. The van der Waals surface area contributed by atoms with Gasteiger partial charge in [-0.25, -0.2) is 13.8 Å². The number of sulfonamides is 1. The molecule has 148 valence electrons. The second-order valence-corrected chi connectivity index (χ2v) is 8.16. The Balaban J connectivity index is 1.87. The average Bonchev–Trinajstić information content (AvgIpc) is 2.73. The molecule has 0 unspecified atom stereocenters. The minimum Gasteiger partial charge on any atom is -0.267 e. The first-order valence-corrected chi connectivity index (χ1v) is 10.6. The summed E-state index contributed by atoms with van der Waals surface area (Å²) in [6, 6.07) is 19.2. The standard InChI is InChI=1S/C21H20N4O3S/c1-29(27,28)25(16-18-7-3-2-4-8-18)20-10-6-5-9-19(20)21(26)24-23-15-17-11-13-22-14-12-17/h2-15H,16H2,1H3,(H,24,26)/b23-15+. The van der Waals surface area contributed by atoms with Crippen molar-refractivity contribution in [3.05, 3.63) is 95.8 Å². The molecule has 1 heterocycles. The van der Waals surface area contributed by atoms with Crippen molar-refractivity contribution in [1.82, 2.24) is 10.4 Å². The zero-order valence-corrected chi connectivity index (χ0v) is 16.6. The van der Waals surface area contributed by atoms with Gasteiger partial charge in [-0.15, -0.1) is 0 Å². The van der Waals surface area contributed by atoms with E-state index in [1.165, 1.54) is 10.5 Å². The number of rotatable bonds is 7. The van der Waals surface area contributed by atoms with Crippen molar-refractivity contribution in [2.45, 2.75) is 6.54 Å². The van der Waals surface area contributed by atoms with Gasteiger partial charge in [-0.05, 0) is 35.4 Å². The van der Waals surface area contributed by atoms with Crippen LogP contribution in [0.4, 0.5) is 5.69 Å². The van der Waals surface area contributed by atoms with Crippen molar-refractivity contribution in [2.24, 2.45) is 5.10 Å². The summed E-state index contributed by atoms with van der Waals surface area (Å²) in [5.74, 6) is -0.507. The summed E-state index contributed by atoms with van der Waals surface area (Å²) in [5, 5.41) is 3.94. The second kappa shape index (κ2) is 9.11. The van der Waals surface area contributed by atoms with Gasteiger partial charge in [0.1, 0.15) is 0 Å². The van der Waals surface area contributed by atoms with E-state index in [0.717, 1.165) is 17.4 Å². The Morgan fingerprint density at radius 2 is 1.69 bits per heavy atom. The van der Waals surface area contributed by atoms with Crippen LogP contribution in [0.25, 0.3) is 0 Å². The number of carbonyl (C=O) groups excluding carboxylic acids is 1. The van der Waals surface area contributed by atoms with Crippen molar-refractivity contribution in [1.29, 1.82) is 0 Å². The minimum atomic E-state index is -3.63. The number of aromatic nitrogens is 1. The van der Waals surface area contributed by atoms with Crippen LogP contribution in [0.2, 0.25) is 0 Å². The molecule has 0 saturated heterocycles. The molecule has 2 aromatic carbocycles. The monoisotopic (exact) mass is 408 g/mol. The van der Waals surface area contributed by atoms with Gasteiger partial charge in [0.2, 0.25) is 10.0 Å². The third kappa shape index (κ3) is 5.49. The SMILES string of the molecule is CS(=O)(=O)N(Cc1ccccc1)c1ccccc1C(=O)N/N=C/c1ccncc1. The summed E-state index contributed by atoms with van der Waals surface area (Å²) in [6.07, 6.45) is 5.84. The molecule has 29 heavy (non-hydrogen) atoms. The van der Waals surface area contributed by atoms with E-state index in [0.29, 0.717) is 0 Å². The van der Waals surface area contributed by atoms with Gasteiger partial charge in [-0.3, -0.25) is 14.1 Å². The van der Waals surface area contributed by atoms with E-state index in [4.69, 9.17) is 0 Å². The number of nitrogens with zero attached hydrogens (tertiary/aromatic N) is 3. The molecule has 0 bridgehead atoms. The predicted molar refractivity (Wildman–Crippen MR) is 113 cm³/mol. The lowest BCUT2D eigenvalue weighted by molar-refractivity contribution is 0.0956. The molecule has 7 nitrogen and oxygen atoms in total. The number of pyridine rings is 1. The van der Waals surface area contributed by atoms with Crippen molar-refractivity contribution in [3.8, 4) is 0 Å². The average molecular weight is 408 g/mol. The molecule has 8 heteroatoms. The first-order valence-electron chi connectivity index (χ1n) is 8.79. The summed E-state index contributed by atoms with van der Waals surface area (Å²) < 4.78 is 26.1. The molecule has 0 fully saturated rings. The van der Waals surface area contributed by atoms with Crippen LogP contribution in [-0.2, 0) is 16.6 Å². The first-order chi connectivity index (χ1) is 13.9. The van der Waals surface area contributed by atoms with Crippen molar-refractivity contribution in [3.63, 3.8) is 0 Å². The quantitative estimate of drug-likeness (QED) is 0.481. The fraction of sp³-hybridized carbons (Fsp3) is 0.0952. The number of hydrazone groups is 1. The van der Waals surface area contributed by atoms with Gasteiger partial charge < -0.3 is 0 Å². The van der Waals surface area contributed by atoms with Gasteiger partial charge >= 0.3 is 0 Å². The maximum Gasteiger partial charge on any atom is 0.273 e. The number of anilines is 1. The van der Waals surface area contributed by atoms with E-state index in [-0.39, 0.29) is 17.8 Å². The summed E-state index contributed by atoms with van der Waals surface area (Å²) in [5.41, 5.74) is 4.53.